The molecule has 2 heterocycles. The summed E-state index contributed by atoms with van der Waals surface area (Å²) in [6.45, 7) is 3.42. The number of hydrogen-bond acceptors (Lipinski definition) is 5. The third-order valence-electron chi connectivity index (χ3n) is 2.44. The highest BCUT2D eigenvalue weighted by molar-refractivity contribution is 7.99. The van der Waals surface area contributed by atoms with E-state index < -0.39 is 18.6 Å². The Morgan fingerprint density at radius 1 is 1.35 bits per heavy atom. The molecule has 0 aliphatic carbocycles. The second-order valence-corrected chi connectivity index (χ2v) is 5.61. The maximum atomic E-state index is 12.9. The summed E-state index contributed by atoms with van der Waals surface area (Å²) in [6.07, 6.45) is -3.42. The molecule has 0 fully saturated rings. The van der Waals surface area contributed by atoms with Crippen molar-refractivity contribution >= 4 is 17.4 Å². The average Bonchev–Trinajstić information content (AvgIpc) is 2.80. The summed E-state index contributed by atoms with van der Waals surface area (Å²) >= 11 is 1.32. The highest BCUT2D eigenvalue weighted by Crippen LogP contribution is 2.31. The number of fused-ring (bicyclic) bond motifs is 1. The van der Waals surface area contributed by atoms with Gasteiger partial charge < -0.3 is 5.11 Å². The Labute approximate surface area is 117 Å². The fourth-order valence-corrected chi connectivity index (χ4v) is 2.47. The molecule has 0 atom stereocenters. The predicted octanol–water partition coefficient (Wildman–Crippen LogP) is 2.38. The molecule has 0 aliphatic rings. The highest BCUT2D eigenvalue weighted by atomic mass is 32.2. The number of rotatable bonds is 4. The van der Waals surface area contributed by atoms with Gasteiger partial charge in [-0.1, -0.05) is 13.8 Å². The summed E-state index contributed by atoms with van der Waals surface area (Å²) in [7, 11) is 0. The Kier molecular flexibility index (Phi) is 4.19. The Hall–Kier alpha value is -1.35. The molecule has 110 valence electrons. The lowest BCUT2D eigenvalue weighted by molar-refractivity contribution is -0.145. The molecule has 2 rings (SSSR count). The van der Waals surface area contributed by atoms with Crippen LogP contribution in [0.5, 0.6) is 0 Å². The zero-order valence-electron chi connectivity index (χ0n) is 10.8. The van der Waals surface area contributed by atoms with E-state index in [1.165, 1.54) is 18.0 Å². The fourth-order valence-electron chi connectivity index (χ4n) is 1.59. The molecule has 0 saturated carbocycles. The molecular weight excluding hydrogens is 293 g/mol. The van der Waals surface area contributed by atoms with Gasteiger partial charge in [-0.25, -0.2) is 4.98 Å². The van der Waals surface area contributed by atoms with Gasteiger partial charge in [-0.05, 0) is 5.92 Å². The lowest BCUT2D eigenvalue weighted by Crippen LogP contribution is -2.14. The van der Waals surface area contributed by atoms with Crippen LogP contribution in [0.25, 0.3) is 5.65 Å². The first kappa shape index (κ1) is 15.0. The maximum absolute atomic E-state index is 12.9. The number of hydrogen-bond donors (Lipinski definition) is 1. The number of thioether (sulfide) groups is 1. The molecule has 0 bridgehead atoms. The molecule has 9 heteroatoms. The van der Waals surface area contributed by atoms with Crippen LogP contribution in [0.4, 0.5) is 13.2 Å². The predicted molar refractivity (Wildman–Crippen MR) is 67.3 cm³/mol. The van der Waals surface area contributed by atoms with Crippen molar-refractivity contribution in [1.82, 2.24) is 19.6 Å². The van der Waals surface area contributed by atoms with Crippen molar-refractivity contribution in [3.63, 3.8) is 0 Å². The minimum atomic E-state index is -4.63. The zero-order chi connectivity index (χ0) is 14.9. The summed E-state index contributed by atoms with van der Waals surface area (Å²) in [6, 6.07) is 0. The van der Waals surface area contributed by atoms with Crippen LogP contribution in [0, 0.1) is 5.92 Å². The highest BCUT2D eigenvalue weighted by Gasteiger charge is 2.38. The van der Waals surface area contributed by atoms with Crippen molar-refractivity contribution in [1.29, 1.82) is 0 Å². The number of alkyl halides is 3. The molecule has 1 N–H and O–H groups in total. The van der Waals surface area contributed by atoms with E-state index in [-0.39, 0.29) is 11.3 Å². The van der Waals surface area contributed by atoms with E-state index in [1.807, 2.05) is 13.8 Å². The number of halogens is 3. The van der Waals surface area contributed by atoms with Crippen LogP contribution in [-0.4, -0.2) is 30.4 Å². The average molecular weight is 306 g/mol. The summed E-state index contributed by atoms with van der Waals surface area (Å²) in [5, 5.41) is 16.3. The Bertz CT molecular complexity index is 611. The molecule has 0 amide bonds. The third-order valence-corrected chi connectivity index (χ3v) is 3.84. The van der Waals surface area contributed by atoms with Crippen molar-refractivity contribution in [3.8, 4) is 0 Å². The van der Waals surface area contributed by atoms with Gasteiger partial charge in [0.15, 0.2) is 5.65 Å². The van der Waals surface area contributed by atoms with Crippen LogP contribution >= 0.6 is 11.8 Å². The Balaban J connectivity index is 2.56. The van der Waals surface area contributed by atoms with Gasteiger partial charge in [0.2, 0.25) is 5.82 Å². The number of aliphatic hydroxyl groups is 1. The largest absolute Gasteiger partial charge is 0.452 e. The van der Waals surface area contributed by atoms with Crippen molar-refractivity contribution in [3.05, 3.63) is 17.7 Å². The molecular formula is C11H13F3N4OS. The van der Waals surface area contributed by atoms with Gasteiger partial charge in [-0.15, -0.1) is 22.0 Å². The van der Waals surface area contributed by atoms with Gasteiger partial charge in [-0.2, -0.15) is 13.2 Å². The normalized spacial score (nSPS) is 12.6. The second kappa shape index (κ2) is 5.57. The van der Waals surface area contributed by atoms with Crippen molar-refractivity contribution < 1.29 is 18.3 Å². The van der Waals surface area contributed by atoms with E-state index in [0.29, 0.717) is 16.7 Å². The molecule has 5 nitrogen and oxygen atoms in total. The van der Waals surface area contributed by atoms with Crippen LogP contribution in [0.3, 0.4) is 0 Å². The number of nitrogens with zero attached hydrogens (tertiary/aromatic N) is 4. The van der Waals surface area contributed by atoms with Crippen LogP contribution in [0.2, 0.25) is 0 Å². The molecule has 0 unspecified atom stereocenters. The molecule has 2 aromatic heterocycles. The fraction of sp³-hybridized carbons (Fsp3) is 0.545. The third kappa shape index (κ3) is 2.88. The monoisotopic (exact) mass is 306 g/mol. The van der Waals surface area contributed by atoms with Gasteiger partial charge in [0.1, 0.15) is 5.03 Å². The minimum Gasteiger partial charge on any atom is -0.390 e. The van der Waals surface area contributed by atoms with Crippen LogP contribution in [0.15, 0.2) is 11.2 Å². The lowest BCUT2D eigenvalue weighted by Gasteiger charge is -2.10. The zero-order valence-corrected chi connectivity index (χ0v) is 11.7. The standard InChI is InChI=1S/C11H13F3N4OS/c1-6(2)5-20-9-8-16-17-10(11(12,13)14)18(8)7(4-19)3-15-9/h3,6,19H,4-5H2,1-2H3. The summed E-state index contributed by atoms with van der Waals surface area (Å²) < 4.78 is 39.5. The molecule has 0 spiro atoms. The lowest BCUT2D eigenvalue weighted by atomic mass is 10.3. The molecule has 0 aromatic carbocycles. The first-order chi connectivity index (χ1) is 9.34. The molecule has 0 radical (unpaired) electrons. The first-order valence-corrected chi connectivity index (χ1v) is 6.87. The van der Waals surface area contributed by atoms with E-state index in [0.717, 1.165) is 4.40 Å². The van der Waals surface area contributed by atoms with E-state index in [2.05, 4.69) is 15.2 Å². The van der Waals surface area contributed by atoms with Crippen molar-refractivity contribution in [2.24, 2.45) is 5.92 Å². The Morgan fingerprint density at radius 3 is 2.60 bits per heavy atom. The molecule has 2 aromatic rings. The molecule has 20 heavy (non-hydrogen) atoms. The van der Waals surface area contributed by atoms with Crippen LogP contribution in [0.1, 0.15) is 25.4 Å². The van der Waals surface area contributed by atoms with Crippen molar-refractivity contribution in [2.45, 2.75) is 31.7 Å². The van der Waals surface area contributed by atoms with Crippen molar-refractivity contribution in [2.75, 3.05) is 5.75 Å². The summed E-state index contributed by atoms with van der Waals surface area (Å²) in [4.78, 5) is 4.06. The summed E-state index contributed by atoms with van der Waals surface area (Å²) in [5.74, 6) is -0.0790. The van der Waals surface area contributed by atoms with E-state index in [4.69, 9.17) is 5.11 Å². The topological polar surface area (TPSA) is 63.3 Å². The van der Waals surface area contributed by atoms with E-state index in [9.17, 15) is 13.2 Å². The minimum absolute atomic E-state index is 0.00576. The van der Waals surface area contributed by atoms with Gasteiger partial charge in [0.05, 0.1) is 18.5 Å². The molecule has 0 saturated heterocycles. The number of aliphatic hydroxyl groups excluding tert-OH is 1. The number of aromatic nitrogens is 4. The quantitative estimate of drug-likeness (QED) is 0.879. The SMILES string of the molecule is CC(C)CSc1ncc(CO)n2c(C(F)(F)F)nnc12. The van der Waals surface area contributed by atoms with E-state index in [1.54, 1.807) is 0 Å². The first-order valence-electron chi connectivity index (χ1n) is 5.88. The van der Waals surface area contributed by atoms with Gasteiger partial charge >= 0.3 is 6.18 Å². The molecule has 0 aliphatic heterocycles. The Morgan fingerprint density at radius 2 is 2.05 bits per heavy atom. The van der Waals surface area contributed by atoms with Gasteiger partial charge in [0.25, 0.3) is 0 Å². The van der Waals surface area contributed by atoms with Crippen LogP contribution in [-0.2, 0) is 12.8 Å². The van der Waals surface area contributed by atoms with Gasteiger partial charge in [-0.3, -0.25) is 4.40 Å². The van der Waals surface area contributed by atoms with Gasteiger partial charge in [0, 0.05) is 5.75 Å². The second-order valence-electron chi connectivity index (χ2n) is 4.60. The smallest absolute Gasteiger partial charge is 0.390 e. The summed E-state index contributed by atoms with van der Waals surface area (Å²) in [5.41, 5.74) is 0.0285. The maximum Gasteiger partial charge on any atom is 0.452 e. The van der Waals surface area contributed by atoms with E-state index >= 15 is 0 Å². The van der Waals surface area contributed by atoms with Crippen LogP contribution < -0.4 is 0 Å².